The molecule has 2 aromatic heterocycles. The number of ether oxygens (including phenoxy) is 2. The molecule has 0 fully saturated rings. The van der Waals surface area contributed by atoms with Gasteiger partial charge in [-0.25, -0.2) is 4.98 Å². The van der Waals surface area contributed by atoms with E-state index in [0.29, 0.717) is 40.9 Å². The van der Waals surface area contributed by atoms with Crippen LogP contribution in [0.4, 0.5) is 5.82 Å². The molecule has 166 valence electrons. The molecule has 1 aromatic carbocycles. The number of amides is 2. The van der Waals surface area contributed by atoms with Crippen LogP contribution in [0.15, 0.2) is 48.5 Å². The van der Waals surface area contributed by atoms with Gasteiger partial charge in [0.25, 0.3) is 5.91 Å². The molecule has 1 N–H and O–H groups in total. The number of hydrogen-bond donors (Lipinski definition) is 1. The molecule has 0 aliphatic carbocycles. The average molecular weight is 434 g/mol. The summed E-state index contributed by atoms with van der Waals surface area (Å²) >= 11 is 0. The van der Waals surface area contributed by atoms with Crippen molar-refractivity contribution < 1.29 is 19.1 Å². The quantitative estimate of drug-likeness (QED) is 0.583. The summed E-state index contributed by atoms with van der Waals surface area (Å²) < 4.78 is 11.1. The van der Waals surface area contributed by atoms with E-state index in [-0.39, 0.29) is 18.4 Å². The molecule has 0 bridgehead atoms. The zero-order valence-corrected chi connectivity index (χ0v) is 18.4. The second-order valence-electron chi connectivity index (χ2n) is 8.03. The number of pyridine rings is 2. The van der Waals surface area contributed by atoms with Crippen LogP contribution in [0.1, 0.15) is 42.4 Å². The van der Waals surface area contributed by atoms with Gasteiger partial charge in [-0.05, 0) is 36.6 Å². The van der Waals surface area contributed by atoms with Crippen molar-refractivity contribution in [2.75, 3.05) is 25.2 Å². The molecular weight excluding hydrogens is 408 g/mol. The van der Waals surface area contributed by atoms with Crippen molar-refractivity contribution >= 4 is 28.7 Å². The SMILES string of the molecule is COc1ccc2ccc(N3C(=O)c4ccccc4C3OCC(=O)NCCC(C)C)nc2n1. The molecule has 1 aliphatic heterocycles. The number of fused-ring (bicyclic) bond motifs is 2. The van der Waals surface area contributed by atoms with Gasteiger partial charge in [-0.1, -0.05) is 32.0 Å². The molecule has 1 aliphatic rings. The van der Waals surface area contributed by atoms with E-state index in [1.165, 1.54) is 12.0 Å². The topological polar surface area (TPSA) is 93.6 Å². The van der Waals surface area contributed by atoms with E-state index in [1.807, 2.05) is 24.3 Å². The number of methoxy groups -OCH3 is 1. The minimum Gasteiger partial charge on any atom is -0.481 e. The Morgan fingerprint density at radius 3 is 2.69 bits per heavy atom. The van der Waals surface area contributed by atoms with Gasteiger partial charge in [-0.2, -0.15) is 4.98 Å². The van der Waals surface area contributed by atoms with Gasteiger partial charge >= 0.3 is 0 Å². The number of anilines is 1. The van der Waals surface area contributed by atoms with Crippen molar-refractivity contribution in [3.8, 4) is 5.88 Å². The van der Waals surface area contributed by atoms with Crippen molar-refractivity contribution in [2.45, 2.75) is 26.5 Å². The number of hydrogen-bond acceptors (Lipinski definition) is 6. The van der Waals surface area contributed by atoms with Crippen molar-refractivity contribution in [1.29, 1.82) is 0 Å². The molecule has 3 aromatic rings. The fourth-order valence-electron chi connectivity index (χ4n) is 3.60. The molecule has 32 heavy (non-hydrogen) atoms. The summed E-state index contributed by atoms with van der Waals surface area (Å²) in [5, 5.41) is 3.68. The molecule has 2 amide bonds. The van der Waals surface area contributed by atoms with E-state index in [9.17, 15) is 9.59 Å². The monoisotopic (exact) mass is 434 g/mol. The Balaban J connectivity index is 1.60. The first-order valence-corrected chi connectivity index (χ1v) is 10.6. The lowest BCUT2D eigenvalue weighted by Gasteiger charge is -2.24. The van der Waals surface area contributed by atoms with Crippen LogP contribution in [0, 0.1) is 5.92 Å². The van der Waals surface area contributed by atoms with Gasteiger partial charge in [0.05, 0.1) is 7.11 Å². The standard InChI is InChI=1S/C24H26N4O4/c1-15(2)12-13-25-20(29)14-32-24-18-7-5-4-6-17(18)23(30)28(24)19-10-8-16-9-11-21(31-3)27-22(16)26-19/h4-11,15,24H,12-14H2,1-3H3,(H,25,29). The third kappa shape index (κ3) is 4.40. The smallest absolute Gasteiger partial charge is 0.262 e. The Kier molecular flexibility index (Phi) is 6.32. The lowest BCUT2D eigenvalue weighted by Crippen LogP contribution is -2.34. The summed E-state index contributed by atoms with van der Waals surface area (Å²) in [4.78, 5) is 35.9. The number of rotatable bonds is 8. The maximum atomic E-state index is 13.2. The maximum Gasteiger partial charge on any atom is 0.262 e. The second kappa shape index (κ2) is 9.32. The second-order valence-corrected chi connectivity index (χ2v) is 8.03. The van der Waals surface area contributed by atoms with Crippen LogP contribution in [0.25, 0.3) is 11.0 Å². The Hall–Kier alpha value is -3.52. The zero-order valence-electron chi connectivity index (χ0n) is 18.4. The van der Waals surface area contributed by atoms with Gasteiger partial charge < -0.3 is 14.8 Å². The molecule has 4 rings (SSSR count). The Bertz CT molecular complexity index is 1150. The van der Waals surface area contributed by atoms with Crippen molar-refractivity contribution in [1.82, 2.24) is 15.3 Å². The van der Waals surface area contributed by atoms with E-state index in [0.717, 1.165) is 11.8 Å². The van der Waals surface area contributed by atoms with Crippen LogP contribution >= 0.6 is 0 Å². The summed E-state index contributed by atoms with van der Waals surface area (Å²) in [5.74, 6) is 0.867. The zero-order chi connectivity index (χ0) is 22.7. The van der Waals surface area contributed by atoms with Crippen LogP contribution in [-0.2, 0) is 9.53 Å². The van der Waals surface area contributed by atoms with E-state index in [1.54, 1.807) is 24.3 Å². The highest BCUT2D eigenvalue weighted by molar-refractivity contribution is 6.10. The Morgan fingerprint density at radius 2 is 1.91 bits per heavy atom. The van der Waals surface area contributed by atoms with Gasteiger partial charge in [-0.3, -0.25) is 14.5 Å². The van der Waals surface area contributed by atoms with Crippen LogP contribution in [0.3, 0.4) is 0 Å². The number of carbonyl (C=O) groups is 2. The van der Waals surface area contributed by atoms with Crippen molar-refractivity contribution in [3.63, 3.8) is 0 Å². The van der Waals surface area contributed by atoms with Crippen LogP contribution < -0.4 is 15.0 Å². The van der Waals surface area contributed by atoms with E-state index in [4.69, 9.17) is 9.47 Å². The van der Waals surface area contributed by atoms with Crippen LogP contribution in [0.5, 0.6) is 5.88 Å². The van der Waals surface area contributed by atoms with Gasteiger partial charge in [0.1, 0.15) is 12.4 Å². The highest BCUT2D eigenvalue weighted by Crippen LogP contribution is 2.37. The van der Waals surface area contributed by atoms with Gasteiger partial charge in [0.2, 0.25) is 11.8 Å². The maximum absolute atomic E-state index is 13.2. The van der Waals surface area contributed by atoms with E-state index in [2.05, 4.69) is 29.1 Å². The Morgan fingerprint density at radius 1 is 1.12 bits per heavy atom. The van der Waals surface area contributed by atoms with Crippen LogP contribution in [-0.4, -0.2) is 42.0 Å². The minimum atomic E-state index is -0.759. The average Bonchev–Trinajstić information content (AvgIpc) is 3.08. The largest absolute Gasteiger partial charge is 0.481 e. The Labute approximate surface area is 186 Å². The number of aromatic nitrogens is 2. The first kappa shape index (κ1) is 21.7. The minimum absolute atomic E-state index is 0.166. The molecule has 0 radical (unpaired) electrons. The third-order valence-corrected chi connectivity index (χ3v) is 5.29. The molecule has 1 atom stereocenters. The predicted octanol–water partition coefficient (Wildman–Crippen LogP) is 3.48. The molecular formula is C24H26N4O4. The van der Waals surface area contributed by atoms with Gasteiger partial charge in [0.15, 0.2) is 11.9 Å². The molecule has 8 heteroatoms. The van der Waals surface area contributed by atoms with Gasteiger partial charge in [0, 0.05) is 29.1 Å². The molecule has 3 heterocycles. The van der Waals surface area contributed by atoms with Gasteiger partial charge in [-0.15, -0.1) is 0 Å². The summed E-state index contributed by atoms with van der Waals surface area (Å²) in [6.45, 7) is 4.62. The fraction of sp³-hybridized carbons (Fsp3) is 0.333. The summed E-state index contributed by atoms with van der Waals surface area (Å²) in [7, 11) is 1.54. The number of nitrogens with one attached hydrogen (secondary N) is 1. The summed E-state index contributed by atoms with van der Waals surface area (Å²) in [5.41, 5.74) is 1.68. The van der Waals surface area contributed by atoms with Crippen LogP contribution in [0.2, 0.25) is 0 Å². The van der Waals surface area contributed by atoms with E-state index < -0.39 is 6.23 Å². The normalized spacial score (nSPS) is 15.3. The highest BCUT2D eigenvalue weighted by Gasteiger charge is 2.39. The molecule has 8 nitrogen and oxygen atoms in total. The predicted molar refractivity (Wildman–Crippen MR) is 120 cm³/mol. The lowest BCUT2D eigenvalue weighted by molar-refractivity contribution is -0.127. The first-order chi connectivity index (χ1) is 15.5. The summed E-state index contributed by atoms with van der Waals surface area (Å²) in [6.07, 6.45) is 0.130. The number of nitrogens with zero attached hydrogens (tertiary/aromatic N) is 3. The third-order valence-electron chi connectivity index (χ3n) is 5.29. The highest BCUT2D eigenvalue weighted by atomic mass is 16.5. The molecule has 0 saturated heterocycles. The lowest BCUT2D eigenvalue weighted by atomic mass is 10.1. The van der Waals surface area contributed by atoms with E-state index >= 15 is 0 Å². The molecule has 0 saturated carbocycles. The van der Waals surface area contributed by atoms with Crippen molar-refractivity contribution in [3.05, 3.63) is 59.7 Å². The van der Waals surface area contributed by atoms with Crippen molar-refractivity contribution in [2.24, 2.45) is 5.92 Å². The number of carbonyl (C=O) groups excluding carboxylic acids is 2. The molecule has 1 unspecified atom stereocenters. The number of benzene rings is 1. The fourth-order valence-corrected chi connectivity index (χ4v) is 3.60. The molecule has 0 spiro atoms. The summed E-state index contributed by atoms with van der Waals surface area (Å²) in [6, 6.07) is 14.4. The first-order valence-electron chi connectivity index (χ1n) is 10.6.